The molecule has 6 nitrogen and oxygen atoms in total. The van der Waals surface area contributed by atoms with Crippen molar-refractivity contribution in [2.24, 2.45) is 0 Å². The zero-order chi connectivity index (χ0) is 18.3. The molecule has 1 N–H and O–H groups in total. The van der Waals surface area contributed by atoms with Gasteiger partial charge in [0.2, 0.25) is 11.7 Å². The van der Waals surface area contributed by atoms with Crippen LogP contribution in [0.1, 0.15) is 31.1 Å². The van der Waals surface area contributed by atoms with Crippen molar-refractivity contribution in [1.82, 2.24) is 10.1 Å². The Kier molecular flexibility index (Phi) is 4.45. The van der Waals surface area contributed by atoms with E-state index >= 15 is 0 Å². The van der Waals surface area contributed by atoms with Gasteiger partial charge in [-0.2, -0.15) is 4.98 Å². The van der Waals surface area contributed by atoms with Crippen molar-refractivity contribution >= 4 is 38.6 Å². The van der Waals surface area contributed by atoms with Crippen LogP contribution in [0.25, 0.3) is 11.4 Å². The zero-order valence-electron chi connectivity index (χ0n) is 13.3. The van der Waals surface area contributed by atoms with E-state index in [2.05, 4.69) is 14.9 Å². The lowest BCUT2D eigenvalue weighted by Crippen LogP contribution is -2.12. The Morgan fingerprint density at radius 1 is 1.31 bits per heavy atom. The fourth-order valence-electron chi connectivity index (χ4n) is 2.52. The molecule has 0 saturated heterocycles. The monoisotopic (exact) mass is 413 g/mol. The number of aromatic nitrogens is 2. The molecule has 0 amide bonds. The van der Waals surface area contributed by atoms with Crippen molar-refractivity contribution in [1.29, 1.82) is 0 Å². The molecule has 1 aliphatic rings. The van der Waals surface area contributed by atoms with Gasteiger partial charge < -0.3 is 4.52 Å². The SMILES string of the molecule is O=S(=O)(Nc1ccc(Cl)cc1F)c1cc(-c2noc(C3CCC3)n2)cs1. The number of benzene rings is 1. The molecule has 1 saturated carbocycles. The maximum Gasteiger partial charge on any atom is 0.271 e. The average molecular weight is 414 g/mol. The molecule has 3 aromatic rings. The molecule has 1 aromatic carbocycles. The van der Waals surface area contributed by atoms with E-state index in [-0.39, 0.29) is 14.9 Å². The van der Waals surface area contributed by atoms with E-state index in [4.69, 9.17) is 16.1 Å². The maximum atomic E-state index is 13.8. The first-order chi connectivity index (χ1) is 12.4. The molecular formula is C16H13ClFN3O3S2. The molecule has 1 aliphatic carbocycles. The number of thiophene rings is 1. The molecule has 1 fully saturated rings. The molecule has 2 aromatic heterocycles. The van der Waals surface area contributed by atoms with E-state index in [1.807, 2.05) is 0 Å². The summed E-state index contributed by atoms with van der Waals surface area (Å²) in [4.78, 5) is 4.34. The highest BCUT2D eigenvalue weighted by molar-refractivity contribution is 7.94. The molecular weight excluding hydrogens is 401 g/mol. The Labute approximate surface area is 158 Å². The fourth-order valence-corrected chi connectivity index (χ4v) is 4.90. The van der Waals surface area contributed by atoms with E-state index in [9.17, 15) is 12.8 Å². The summed E-state index contributed by atoms with van der Waals surface area (Å²) in [5, 5.41) is 5.73. The predicted molar refractivity (Wildman–Crippen MR) is 96.4 cm³/mol. The molecule has 0 aliphatic heterocycles. The van der Waals surface area contributed by atoms with Gasteiger partial charge in [0.25, 0.3) is 10.0 Å². The van der Waals surface area contributed by atoms with Crippen LogP contribution in [0.2, 0.25) is 5.02 Å². The summed E-state index contributed by atoms with van der Waals surface area (Å²) in [6.45, 7) is 0. The number of nitrogens with zero attached hydrogens (tertiary/aromatic N) is 2. The van der Waals surface area contributed by atoms with E-state index in [0.29, 0.717) is 23.2 Å². The Morgan fingerprint density at radius 3 is 2.81 bits per heavy atom. The van der Waals surface area contributed by atoms with Gasteiger partial charge in [0, 0.05) is 21.9 Å². The third-order valence-electron chi connectivity index (χ3n) is 4.17. The number of hydrogen-bond donors (Lipinski definition) is 1. The van der Waals surface area contributed by atoms with Gasteiger partial charge in [-0.1, -0.05) is 23.2 Å². The largest absolute Gasteiger partial charge is 0.339 e. The van der Waals surface area contributed by atoms with Gasteiger partial charge in [-0.15, -0.1) is 11.3 Å². The topological polar surface area (TPSA) is 85.1 Å². The van der Waals surface area contributed by atoms with Crippen LogP contribution in [0.15, 0.2) is 38.4 Å². The van der Waals surface area contributed by atoms with Crippen molar-refractivity contribution in [3.05, 3.63) is 46.4 Å². The minimum absolute atomic E-state index is 0.0249. The molecule has 4 rings (SSSR count). The molecule has 10 heteroatoms. The highest BCUT2D eigenvalue weighted by atomic mass is 35.5. The van der Waals surface area contributed by atoms with Crippen molar-refractivity contribution in [3.63, 3.8) is 0 Å². The summed E-state index contributed by atoms with van der Waals surface area (Å²) in [6, 6.07) is 5.16. The number of rotatable bonds is 5. The van der Waals surface area contributed by atoms with Gasteiger partial charge in [0.1, 0.15) is 10.0 Å². The molecule has 26 heavy (non-hydrogen) atoms. The predicted octanol–water partition coefficient (Wildman–Crippen LogP) is 4.66. The lowest BCUT2D eigenvalue weighted by atomic mass is 9.85. The second-order valence-corrected chi connectivity index (χ2v) is 9.23. The summed E-state index contributed by atoms with van der Waals surface area (Å²) in [5.41, 5.74) is 0.373. The fraction of sp³-hybridized carbons (Fsp3) is 0.250. The van der Waals surface area contributed by atoms with Crippen molar-refractivity contribution < 1.29 is 17.3 Å². The molecule has 0 bridgehead atoms. The Balaban J connectivity index is 1.57. The maximum absolute atomic E-state index is 13.8. The molecule has 0 atom stereocenters. The Morgan fingerprint density at radius 2 is 2.12 bits per heavy atom. The van der Waals surface area contributed by atoms with Crippen LogP contribution in [0.3, 0.4) is 0 Å². The second kappa shape index (κ2) is 6.64. The molecule has 0 spiro atoms. The molecule has 0 radical (unpaired) electrons. The quantitative estimate of drug-likeness (QED) is 0.657. The van der Waals surface area contributed by atoms with Crippen LogP contribution in [-0.4, -0.2) is 18.6 Å². The van der Waals surface area contributed by atoms with E-state index in [1.165, 1.54) is 18.2 Å². The van der Waals surface area contributed by atoms with Crippen LogP contribution in [-0.2, 0) is 10.0 Å². The van der Waals surface area contributed by atoms with Crippen LogP contribution in [0.4, 0.5) is 10.1 Å². The number of hydrogen-bond acceptors (Lipinski definition) is 6. The minimum Gasteiger partial charge on any atom is -0.339 e. The number of sulfonamides is 1. The average Bonchev–Trinajstić information content (AvgIpc) is 3.17. The highest BCUT2D eigenvalue weighted by Crippen LogP contribution is 2.36. The van der Waals surface area contributed by atoms with Gasteiger partial charge in [-0.25, -0.2) is 12.8 Å². The van der Waals surface area contributed by atoms with Crippen molar-refractivity contribution in [2.45, 2.75) is 29.4 Å². The van der Waals surface area contributed by atoms with E-state index in [0.717, 1.165) is 36.7 Å². The molecule has 2 heterocycles. The lowest BCUT2D eigenvalue weighted by Gasteiger charge is -2.20. The van der Waals surface area contributed by atoms with Crippen LogP contribution >= 0.6 is 22.9 Å². The van der Waals surface area contributed by atoms with E-state index < -0.39 is 15.8 Å². The van der Waals surface area contributed by atoms with Crippen molar-refractivity contribution in [2.75, 3.05) is 4.72 Å². The standard InChI is InChI=1S/C16H13ClFN3O3S2/c17-11-4-5-13(12(18)7-11)21-26(22,23)14-6-10(8-25-14)15-19-16(24-20-15)9-2-1-3-9/h4-9,21H,1-3H2. The van der Waals surface area contributed by atoms with E-state index in [1.54, 1.807) is 5.38 Å². The first kappa shape index (κ1) is 17.4. The third kappa shape index (κ3) is 3.34. The van der Waals surface area contributed by atoms with Gasteiger partial charge in [0.15, 0.2) is 0 Å². The highest BCUT2D eigenvalue weighted by Gasteiger charge is 2.26. The normalized spacial score (nSPS) is 15.0. The van der Waals surface area contributed by atoms with Crippen LogP contribution in [0, 0.1) is 5.82 Å². The summed E-state index contributed by atoms with van der Waals surface area (Å²) < 4.78 is 46.3. The summed E-state index contributed by atoms with van der Waals surface area (Å²) >= 11 is 6.67. The van der Waals surface area contributed by atoms with Gasteiger partial charge >= 0.3 is 0 Å². The Bertz CT molecular complexity index is 1060. The van der Waals surface area contributed by atoms with Gasteiger partial charge in [-0.05, 0) is 37.1 Å². The number of nitrogens with one attached hydrogen (secondary N) is 1. The smallest absolute Gasteiger partial charge is 0.271 e. The minimum atomic E-state index is -3.94. The molecule has 0 unspecified atom stereocenters. The Hall–Kier alpha value is -1.97. The van der Waals surface area contributed by atoms with Crippen molar-refractivity contribution in [3.8, 4) is 11.4 Å². The summed E-state index contributed by atoms with van der Waals surface area (Å²) in [5.74, 6) is 0.485. The zero-order valence-corrected chi connectivity index (χ0v) is 15.7. The van der Waals surface area contributed by atoms with Crippen LogP contribution in [0.5, 0.6) is 0 Å². The first-order valence-corrected chi connectivity index (χ1v) is 10.6. The third-order valence-corrected chi connectivity index (χ3v) is 7.21. The summed E-state index contributed by atoms with van der Waals surface area (Å²) in [7, 11) is -3.94. The van der Waals surface area contributed by atoms with Gasteiger partial charge in [0.05, 0.1) is 5.69 Å². The van der Waals surface area contributed by atoms with Crippen LogP contribution < -0.4 is 4.72 Å². The first-order valence-electron chi connectivity index (χ1n) is 7.83. The second-order valence-electron chi connectivity index (χ2n) is 5.97. The summed E-state index contributed by atoms with van der Waals surface area (Å²) in [6.07, 6.45) is 3.21. The molecule has 136 valence electrons. The number of anilines is 1. The number of halogens is 2. The van der Waals surface area contributed by atoms with Gasteiger partial charge in [-0.3, -0.25) is 4.72 Å². The lowest BCUT2D eigenvalue weighted by molar-refractivity contribution is 0.292.